The second-order valence-electron chi connectivity index (χ2n) is 7.19. The molecule has 1 aromatic carbocycles. The number of carbonyl (C=O) groups excluding carboxylic acids is 1. The van der Waals surface area contributed by atoms with Crippen molar-refractivity contribution in [3.05, 3.63) is 46.7 Å². The largest absolute Gasteiger partial charge is 0.497 e. The molecule has 0 spiro atoms. The van der Waals surface area contributed by atoms with Crippen LogP contribution < -0.4 is 10.1 Å². The van der Waals surface area contributed by atoms with E-state index in [0.717, 1.165) is 42.8 Å². The topological polar surface area (TPSA) is 69.0 Å². The number of methoxy groups -OCH3 is 1. The molecule has 1 aliphatic carbocycles. The third-order valence-corrected chi connectivity index (χ3v) is 5.68. The van der Waals surface area contributed by atoms with E-state index in [1.165, 1.54) is 6.42 Å². The number of ether oxygens (including phenoxy) is 1. The van der Waals surface area contributed by atoms with Gasteiger partial charge in [-0.1, -0.05) is 36.9 Å². The number of fused-ring (bicyclic) bond motifs is 1. The van der Waals surface area contributed by atoms with Gasteiger partial charge in [-0.3, -0.25) is 4.79 Å². The number of amides is 1. The Kier molecular flexibility index (Phi) is 5.22. The van der Waals surface area contributed by atoms with Crippen LogP contribution >= 0.6 is 11.6 Å². The van der Waals surface area contributed by atoms with Crippen LogP contribution in [0.3, 0.4) is 0 Å². The minimum Gasteiger partial charge on any atom is -0.497 e. The standard InChI is InChI=1S/C21H23ClN4O2/c1-13-18-19(22)17(21(27)24-14-7-4-3-5-8-14)12-23-20(18)26(25-13)15-9-6-10-16(11-15)28-2/h6,9-12,14H,3-5,7-8H2,1-2H3,(H,24,27). The van der Waals surface area contributed by atoms with Crippen molar-refractivity contribution in [1.29, 1.82) is 0 Å². The van der Waals surface area contributed by atoms with Gasteiger partial charge in [-0.2, -0.15) is 5.10 Å². The number of halogens is 1. The van der Waals surface area contributed by atoms with Crippen LogP contribution in [-0.4, -0.2) is 33.8 Å². The zero-order valence-corrected chi connectivity index (χ0v) is 16.8. The number of nitrogens with zero attached hydrogens (tertiary/aromatic N) is 3. The third kappa shape index (κ3) is 3.44. The summed E-state index contributed by atoms with van der Waals surface area (Å²) in [6.07, 6.45) is 7.13. The molecule has 4 rings (SSSR count). The molecule has 28 heavy (non-hydrogen) atoms. The van der Waals surface area contributed by atoms with Crippen LogP contribution in [0.2, 0.25) is 5.02 Å². The minimum absolute atomic E-state index is 0.167. The van der Waals surface area contributed by atoms with Gasteiger partial charge in [0.1, 0.15) is 5.75 Å². The number of benzene rings is 1. The van der Waals surface area contributed by atoms with Crippen LogP contribution in [0.15, 0.2) is 30.5 Å². The maximum absolute atomic E-state index is 12.8. The molecule has 0 unspecified atom stereocenters. The predicted octanol–water partition coefficient (Wildman–Crippen LogP) is 4.45. The molecule has 2 heterocycles. The second-order valence-corrected chi connectivity index (χ2v) is 7.57. The molecule has 2 aromatic heterocycles. The molecule has 1 saturated carbocycles. The van der Waals surface area contributed by atoms with Crippen molar-refractivity contribution in [3.63, 3.8) is 0 Å². The Morgan fingerprint density at radius 1 is 1.29 bits per heavy atom. The van der Waals surface area contributed by atoms with Crippen molar-refractivity contribution in [2.24, 2.45) is 0 Å². The lowest BCUT2D eigenvalue weighted by molar-refractivity contribution is 0.0927. The maximum atomic E-state index is 12.8. The van der Waals surface area contributed by atoms with E-state index in [9.17, 15) is 4.79 Å². The number of hydrogen-bond donors (Lipinski definition) is 1. The van der Waals surface area contributed by atoms with Gasteiger partial charge >= 0.3 is 0 Å². The summed E-state index contributed by atoms with van der Waals surface area (Å²) in [4.78, 5) is 17.3. The van der Waals surface area contributed by atoms with E-state index in [-0.39, 0.29) is 11.9 Å². The molecule has 0 atom stereocenters. The Labute approximate surface area is 168 Å². The number of nitrogens with one attached hydrogen (secondary N) is 1. The summed E-state index contributed by atoms with van der Waals surface area (Å²) in [5, 5.41) is 8.79. The van der Waals surface area contributed by atoms with Crippen molar-refractivity contribution in [2.75, 3.05) is 7.11 Å². The first kappa shape index (κ1) is 18.7. The first-order valence-electron chi connectivity index (χ1n) is 9.57. The molecule has 0 bridgehead atoms. The highest BCUT2D eigenvalue weighted by molar-refractivity contribution is 6.38. The molecule has 7 heteroatoms. The number of pyridine rings is 1. The van der Waals surface area contributed by atoms with Gasteiger partial charge in [0, 0.05) is 18.3 Å². The van der Waals surface area contributed by atoms with Gasteiger partial charge in [0.15, 0.2) is 5.65 Å². The quantitative estimate of drug-likeness (QED) is 0.704. The zero-order valence-electron chi connectivity index (χ0n) is 16.0. The zero-order chi connectivity index (χ0) is 19.7. The normalized spacial score (nSPS) is 15.0. The Morgan fingerprint density at radius 2 is 2.07 bits per heavy atom. The SMILES string of the molecule is COc1cccc(-n2nc(C)c3c(Cl)c(C(=O)NC4CCCCC4)cnc32)c1. The molecular formula is C21H23ClN4O2. The van der Waals surface area contributed by atoms with Crippen molar-refractivity contribution in [2.45, 2.75) is 45.1 Å². The highest BCUT2D eigenvalue weighted by Crippen LogP contribution is 2.31. The number of carbonyl (C=O) groups is 1. The number of rotatable bonds is 4. The first-order chi connectivity index (χ1) is 13.6. The van der Waals surface area contributed by atoms with Crippen LogP contribution in [0, 0.1) is 6.92 Å². The number of aromatic nitrogens is 3. The van der Waals surface area contributed by atoms with E-state index in [1.807, 2.05) is 31.2 Å². The van der Waals surface area contributed by atoms with Crippen LogP contribution in [0.5, 0.6) is 5.75 Å². The van der Waals surface area contributed by atoms with Crippen LogP contribution in [-0.2, 0) is 0 Å². The van der Waals surface area contributed by atoms with Gasteiger partial charge in [-0.25, -0.2) is 9.67 Å². The lowest BCUT2D eigenvalue weighted by Gasteiger charge is -2.22. The molecule has 0 aliphatic heterocycles. The first-order valence-corrected chi connectivity index (χ1v) is 9.95. The highest BCUT2D eigenvalue weighted by atomic mass is 35.5. The van der Waals surface area contributed by atoms with Gasteiger partial charge in [-0.05, 0) is 31.9 Å². The van der Waals surface area contributed by atoms with E-state index >= 15 is 0 Å². The van der Waals surface area contributed by atoms with Crippen molar-refractivity contribution < 1.29 is 9.53 Å². The summed E-state index contributed by atoms with van der Waals surface area (Å²) in [6, 6.07) is 7.79. The highest BCUT2D eigenvalue weighted by Gasteiger charge is 2.22. The molecule has 0 radical (unpaired) electrons. The summed E-state index contributed by atoms with van der Waals surface area (Å²) in [5.41, 5.74) is 2.56. The monoisotopic (exact) mass is 398 g/mol. The number of hydrogen-bond acceptors (Lipinski definition) is 4. The fourth-order valence-corrected chi connectivity index (χ4v) is 4.15. The summed E-state index contributed by atoms with van der Waals surface area (Å²) in [6.45, 7) is 1.87. The molecular weight excluding hydrogens is 376 g/mol. The van der Waals surface area contributed by atoms with Crippen molar-refractivity contribution in [3.8, 4) is 11.4 Å². The third-order valence-electron chi connectivity index (χ3n) is 5.29. The maximum Gasteiger partial charge on any atom is 0.254 e. The molecule has 6 nitrogen and oxygen atoms in total. The summed E-state index contributed by atoms with van der Waals surface area (Å²) < 4.78 is 7.03. The van der Waals surface area contributed by atoms with Crippen LogP contribution in [0.4, 0.5) is 0 Å². The van der Waals surface area contributed by atoms with E-state index in [4.69, 9.17) is 16.3 Å². The molecule has 1 N–H and O–H groups in total. The number of aryl methyl sites for hydroxylation is 1. The molecule has 1 aliphatic rings. The van der Waals surface area contributed by atoms with Crippen molar-refractivity contribution >= 4 is 28.5 Å². The average molecular weight is 399 g/mol. The van der Waals surface area contributed by atoms with E-state index in [0.29, 0.717) is 21.6 Å². The van der Waals surface area contributed by atoms with Gasteiger partial charge in [0.2, 0.25) is 0 Å². The fourth-order valence-electron chi connectivity index (χ4n) is 3.80. The predicted molar refractivity (Wildman–Crippen MR) is 110 cm³/mol. The van der Waals surface area contributed by atoms with Crippen LogP contribution in [0.25, 0.3) is 16.7 Å². The van der Waals surface area contributed by atoms with Gasteiger partial charge < -0.3 is 10.1 Å². The lowest BCUT2D eigenvalue weighted by Crippen LogP contribution is -2.36. The smallest absolute Gasteiger partial charge is 0.254 e. The Hall–Kier alpha value is -2.60. The van der Waals surface area contributed by atoms with Gasteiger partial charge in [0.05, 0.1) is 34.5 Å². The Balaban J connectivity index is 1.71. The molecule has 146 valence electrons. The molecule has 0 saturated heterocycles. The summed E-state index contributed by atoms with van der Waals surface area (Å²) >= 11 is 6.64. The fraction of sp³-hybridized carbons (Fsp3) is 0.381. The second kappa shape index (κ2) is 7.80. The Bertz CT molecular complexity index is 1020. The van der Waals surface area contributed by atoms with Gasteiger partial charge in [0.25, 0.3) is 5.91 Å². The van der Waals surface area contributed by atoms with Crippen molar-refractivity contribution in [1.82, 2.24) is 20.1 Å². The lowest BCUT2D eigenvalue weighted by atomic mass is 9.95. The van der Waals surface area contributed by atoms with Gasteiger partial charge in [-0.15, -0.1) is 0 Å². The molecule has 3 aromatic rings. The summed E-state index contributed by atoms with van der Waals surface area (Å²) in [7, 11) is 1.62. The minimum atomic E-state index is -0.167. The van der Waals surface area contributed by atoms with E-state index in [1.54, 1.807) is 18.0 Å². The van der Waals surface area contributed by atoms with E-state index in [2.05, 4.69) is 15.4 Å². The van der Waals surface area contributed by atoms with E-state index < -0.39 is 0 Å². The molecule has 1 amide bonds. The Morgan fingerprint density at radius 3 is 2.82 bits per heavy atom. The average Bonchev–Trinajstić information content (AvgIpc) is 3.06. The summed E-state index contributed by atoms with van der Waals surface area (Å²) in [5.74, 6) is 0.563. The molecule has 1 fully saturated rings. The van der Waals surface area contributed by atoms with Crippen LogP contribution in [0.1, 0.15) is 48.2 Å².